The summed E-state index contributed by atoms with van der Waals surface area (Å²) in [4.78, 5) is 43.1. The minimum Gasteiger partial charge on any atom is -0.353 e. The summed E-state index contributed by atoms with van der Waals surface area (Å²) in [7, 11) is 0. The maximum atomic E-state index is 13.5. The van der Waals surface area contributed by atoms with E-state index in [1.54, 1.807) is 11.0 Å². The molecule has 0 saturated carbocycles. The summed E-state index contributed by atoms with van der Waals surface area (Å²) in [6.07, 6.45) is 0.783. The maximum Gasteiger partial charge on any atom is 0.263 e. The zero-order valence-electron chi connectivity index (χ0n) is 18.0. The molecule has 2 fully saturated rings. The van der Waals surface area contributed by atoms with Gasteiger partial charge in [-0.25, -0.2) is 4.39 Å². The first kappa shape index (κ1) is 22.4. The van der Waals surface area contributed by atoms with Gasteiger partial charge in [0.05, 0.1) is 11.5 Å². The number of thiophene rings is 1. The van der Waals surface area contributed by atoms with Crippen molar-refractivity contribution in [2.45, 2.75) is 44.5 Å². The van der Waals surface area contributed by atoms with E-state index in [0.717, 1.165) is 0 Å². The van der Waals surface area contributed by atoms with Crippen LogP contribution in [0.15, 0.2) is 41.8 Å². The van der Waals surface area contributed by atoms with Gasteiger partial charge in [-0.2, -0.15) is 0 Å². The molecule has 1 aromatic carbocycles. The predicted molar refractivity (Wildman–Crippen MR) is 118 cm³/mol. The van der Waals surface area contributed by atoms with Crippen LogP contribution in [0.2, 0.25) is 0 Å². The Labute approximate surface area is 190 Å². The Kier molecular flexibility index (Phi) is 6.30. The maximum absolute atomic E-state index is 13.5. The summed E-state index contributed by atoms with van der Waals surface area (Å²) in [5, 5.41) is 4.72. The Balaban J connectivity index is 1.58. The summed E-state index contributed by atoms with van der Waals surface area (Å²) in [5.41, 5.74) is -0.702. The van der Waals surface area contributed by atoms with E-state index >= 15 is 0 Å². The second-order valence-corrected chi connectivity index (χ2v) is 9.34. The lowest BCUT2D eigenvalue weighted by Gasteiger charge is -2.44. The quantitative estimate of drug-likeness (QED) is 0.763. The zero-order valence-corrected chi connectivity index (χ0v) is 18.9. The molecule has 1 atom stereocenters. The summed E-state index contributed by atoms with van der Waals surface area (Å²) in [6.45, 7) is 4.59. The number of carbonyl (C=O) groups excluding carboxylic acids is 3. The molecule has 2 aromatic rings. The number of amides is 3. The van der Waals surface area contributed by atoms with E-state index in [-0.39, 0.29) is 35.9 Å². The van der Waals surface area contributed by atoms with Crippen LogP contribution < -0.4 is 5.32 Å². The van der Waals surface area contributed by atoms with Gasteiger partial charge in [0.2, 0.25) is 5.91 Å². The van der Waals surface area contributed by atoms with Crippen molar-refractivity contribution >= 4 is 29.1 Å². The van der Waals surface area contributed by atoms with Crippen LogP contribution in [-0.4, -0.2) is 65.0 Å². The molecule has 0 bridgehead atoms. The molecule has 1 N–H and O–H groups in total. The monoisotopic (exact) mass is 459 g/mol. The summed E-state index contributed by atoms with van der Waals surface area (Å²) >= 11 is 1.39. The van der Waals surface area contributed by atoms with E-state index in [2.05, 4.69) is 5.32 Å². The predicted octanol–water partition coefficient (Wildman–Crippen LogP) is 2.89. The first-order valence-corrected chi connectivity index (χ1v) is 11.5. The molecule has 3 heterocycles. The lowest BCUT2D eigenvalue weighted by molar-refractivity contribution is -0.128. The number of nitrogens with zero attached hydrogens (tertiary/aromatic N) is 2. The van der Waals surface area contributed by atoms with E-state index in [1.165, 1.54) is 40.5 Å². The Bertz CT molecular complexity index is 985. The van der Waals surface area contributed by atoms with Gasteiger partial charge in [-0.3, -0.25) is 19.3 Å². The molecule has 1 spiro atoms. The van der Waals surface area contributed by atoms with Crippen molar-refractivity contribution in [2.24, 2.45) is 0 Å². The minimum atomic E-state index is -0.989. The molecule has 0 aliphatic carbocycles. The molecule has 1 aromatic heterocycles. The molecule has 7 nitrogen and oxygen atoms in total. The Hall–Kier alpha value is -2.78. The number of rotatable bonds is 4. The third-order valence-corrected chi connectivity index (χ3v) is 6.73. The summed E-state index contributed by atoms with van der Waals surface area (Å²) in [5.74, 6) is -1.16. The molecule has 0 radical (unpaired) electrons. The number of hydrogen-bond acceptors (Lipinski definition) is 5. The van der Waals surface area contributed by atoms with Crippen molar-refractivity contribution < 1.29 is 23.5 Å². The molecule has 2 aliphatic rings. The molecular formula is C23H26FN3O4S. The van der Waals surface area contributed by atoms with Crippen molar-refractivity contribution in [2.75, 3.05) is 19.7 Å². The topological polar surface area (TPSA) is 79.0 Å². The van der Waals surface area contributed by atoms with Crippen LogP contribution in [-0.2, 0) is 9.53 Å². The number of ether oxygens (including phenoxy) is 1. The van der Waals surface area contributed by atoms with E-state index in [4.69, 9.17) is 4.74 Å². The van der Waals surface area contributed by atoms with Gasteiger partial charge in [0.15, 0.2) is 0 Å². The number of carbonyl (C=O) groups is 3. The third kappa shape index (κ3) is 4.27. The van der Waals surface area contributed by atoms with Crippen molar-refractivity contribution in [1.82, 2.24) is 15.1 Å². The van der Waals surface area contributed by atoms with Gasteiger partial charge in [0, 0.05) is 37.5 Å². The fourth-order valence-corrected chi connectivity index (χ4v) is 4.99. The lowest BCUT2D eigenvalue weighted by Crippen LogP contribution is -2.60. The van der Waals surface area contributed by atoms with Crippen molar-refractivity contribution in [3.8, 4) is 0 Å². The second-order valence-electron chi connectivity index (χ2n) is 8.39. The fraction of sp³-hybridized carbons (Fsp3) is 0.435. The van der Waals surface area contributed by atoms with Crippen LogP contribution in [0.4, 0.5) is 4.39 Å². The molecule has 2 saturated heterocycles. The van der Waals surface area contributed by atoms with Gasteiger partial charge >= 0.3 is 0 Å². The second kappa shape index (κ2) is 8.99. The van der Waals surface area contributed by atoms with Gasteiger partial charge in [0.25, 0.3) is 11.8 Å². The van der Waals surface area contributed by atoms with E-state index < -0.39 is 17.6 Å². The molecule has 2 aliphatic heterocycles. The minimum absolute atomic E-state index is 0.0432. The largest absolute Gasteiger partial charge is 0.353 e. The van der Waals surface area contributed by atoms with E-state index in [1.807, 2.05) is 25.3 Å². The molecule has 170 valence electrons. The average Bonchev–Trinajstić information content (AvgIpc) is 3.42. The summed E-state index contributed by atoms with van der Waals surface area (Å²) in [6, 6.07) is 8.02. The highest BCUT2D eigenvalue weighted by Crippen LogP contribution is 2.39. The Morgan fingerprint density at radius 2 is 1.81 bits per heavy atom. The standard InChI is InChI=1S/C23H26FN3O4S/c1-15(2)25-20(28)18-14-31-23(27(18)21(29)16-5-7-17(24)8-6-16)9-11-26(12-10-23)22(30)19-4-3-13-32-19/h3-8,13,15,18H,9-12,14H2,1-2H3,(H,25,28)/t18-/m1/s1. The number of piperidine rings is 1. The van der Waals surface area contributed by atoms with E-state index in [9.17, 15) is 18.8 Å². The Morgan fingerprint density at radius 3 is 2.41 bits per heavy atom. The average molecular weight is 460 g/mol. The molecule has 3 amide bonds. The highest BCUT2D eigenvalue weighted by Gasteiger charge is 2.54. The van der Waals surface area contributed by atoms with Gasteiger partial charge in [-0.15, -0.1) is 11.3 Å². The number of hydrogen-bond donors (Lipinski definition) is 1. The van der Waals surface area contributed by atoms with Crippen LogP contribution in [0.5, 0.6) is 0 Å². The molecule has 0 unspecified atom stereocenters. The number of benzene rings is 1. The number of likely N-dealkylation sites (tertiary alicyclic amines) is 1. The lowest BCUT2D eigenvalue weighted by atomic mass is 9.96. The number of nitrogens with one attached hydrogen (secondary N) is 1. The normalized spacial score (nSPS) is 20.1. The number of halogens is 1. The molecule has 32 heavy (non-hydrogen) atoms. The first-order chi connectivity index (χ1) is 15.3. The van der Waals surface area contributed by atoms with Gasteiger partial charge in [-0.05, 0) is 49.6 Å². The molecular weight excluding hydrogens is 433 g/mol. The van der Waals surface area contributed by atoms with Crippen molar-refractivity contribution in [3.05, 3.63) is 58.0 Å². The highest BCUT2D eigenvalue weighted by atomic mass is 32.1. The van der Waals surface area contributed by atoms with Gasteiger partial charge < -0.3 is 15.0 Å². The van der Waals surface area contributed by atoms with Crippen LogP contribution in [0.3, 0.4) is 0 Å². The van der Waals surface area contributed by atoms with Crippen LogP contribution in [0.1, 0.15) is 46.7 Å². The smallest absolute Gasteiger partial charge is 0.263 e. The summed E-state index contributed by atoms with van der Waals surface area (Å²) < 4.78 is 19.5. The van der Waals surface area contributed by atoms with Crippen LogP contribution in [0.25, 0.3) is 0 Å². The highest BCUT2D eigenvalue weighted by molar-refractivity contribution is 7.12. The van der Waals surface area contributed by atoms with Crippen LogP contribution in [0, 0.1) is 5.82 Å². The van der Waals surface area contributed by atoms with Gasteiger partial charge in [-0.1, -0.05) is 6.07 Å². The van der Waals surface area contributed by atoms with Crippen LogP contribution >= 0.6 is 11.3 Å². The zero-order chi connectivity index (χ0) is 22.9. The molecule has 9 heteroatoms. The van der Waals surface area contributed by atoms with Crippen molar-refractivity contribution in [1.29, 1.82) is 0 Å². The van der Waals surface area contributed by atoms with Crippen molar-refractivity contribution in [3.63, 3.8) is 0 Å². The SMILES string of the molecule is CC(C)NC(=O)[C@H]1COC2(CCN(C(=O)c3cccs3)CC2)N1C(=O)c1ccc(F)cc1. The third-order valence-electron chi connectivity index (χ3n) is 5.87. The Morgan fingerprint density at radius 1 is 1.12 bits per heavy atom. The van der Waals surface area contributed by atoms with Gasteiger partial charge in [0.1, 0.15) is 17.6 Å². The van der Waals surface area contributed by atoms with E-state index in [0.29, 0.717) is 30.8 Å². The molecule has 4 rings (SSSR count). The fourth-order valence-electron chi connectivity index (χ4n) is 4.29. The first-order valence-electron chi connectivity index (χ1n) is 10.7.